The van der Waals surface area contributed by atoms with E-state index in [2.05, 4.69) is 19.9 Å². The Labute approximate surface area is 342 Å². The molecule has 1 aliphatic rings. The highest BCUT2D eigenvalue weighted by Crippen LogP contribution is 2.44. The van der Waals surface area contributed by atoms with Crippen LogP contribution in [0.2, 0.25) is 0 Å². The summed E-state index contributed by atoms with van der Waals surface area (Å²) in [6, 6.07) is 6.81. The second kappa shape index (κ2) is 14.8. The van der Waals surface area contributed by atoms with Gasteiger partial charge in [-0.3, -0.25) is 0 Å². The second-order valence-electron chi connectivity index (χ2n) is 14.8. The number of halogens is 12. The van der Waals surface area contributed by atoms with Gasteiger partial charge in [-0.05, 0) is 48.6 Å². The zero-order valence-corrected chi connectivity index (χ0v) is 32.9. The minimum atomic E-state index is -1.95. The van der Waals surface area contributed by atoms with Crippen LogP contribution >= 0.6 is 0 Å². The average Bonchev–Trinajstić information content (AvgIpc) is 4.05. The van der Waals surface area contributed by atoms with Crippen molar-refractivity contribution in [3.05, 3.63) is 118 Å². The number of anilines is 3. The molecular weight excluding hydrogens is 842 g/mol. The maximum absolute atomic E-state index is 16.3. The van der Waals surface area contributed by atoms with Crippen molar-refractivity contribution in [2.75, 3.05) is 57.0 Å². The van der Waals surface area contributed by atoms with Gasteiger partial charge in [0.05, 0.1) is 33.6 Å². The molecule has 0 fully saturated rings. The summed E-state index contributed by atoms with van der Waals surface area (Å²) in [6.45, 7) is 0. The van der Waals surface area contributed by atoms with Crippen LogP contribution in [0.3, 0.4) is 0 Å². The second-order valence-corrected chi connectivity index (χ2v) is 14.8. The Morgan fingerprint density at radius 3 is 0.855 bits per heavy atom. The van der Waals surface area contributed by atoms with Gasteiger partial charge in [0.1, 0.15) is 17.1 Å². The standard InChI is InChI=1S/C43H29F12N7/c1-60(2)41-35(50)29(44)26(30(45)36(41)51)23-17-9-7-15(56-17)16-8-10-18(57-16)24(27-31(46)37(52)42(61(3)4)38(53)32(27)47)20-12-14-22(59-20)25(21-13-11-19(23)58-21)28-33(48)39(54)43(62(5)6)40(55)34(28)49/h7-14,56,58-59H,1-6H3. The van der Waals surface area contributed by atoms with Gasteiger partial charge < -0.3 is 29.7 Å². The number of nitrogens with one attached hydrogen (secondary N) is 3. The van der Waals surface area contributed by atoms with Gasteiger partial charge >= 0.3 is 0 Å². The van der Waals surface area contributed by atoms with Crippen LogP contribution in [0, 0.1) is 69.8 Å². The van der Waals surface area contributed by atoms with Crippen LogP contribution in [-0.4, -0.2) is 62.2 Å². The number of benzene rings is 3. The van der Waals surface area contributed by atoms with E-state index in [0.717, 1.165) is 81.3 Å². The van der Waals surface area contributed by atoms with Gasteiger partial charge in [-0.2, -0.15) is 0 Å². The summed E-state index contributed by atoms with van der Waals surface area (Å²) in [4.78, 5) is 15.0. The van der Waals surface area contributed by atoms with Crippen LogP contribution in [0.1, 0.15) is 11.4 Å². The van der Waals surface area contributed by atoms with Crippen molar-refractivity contribution in [1.82, 2.24) is 19.9 Å². The highest BCUT2D eigenvalue weighted by Gasteiger charge is 2.33. The minimum absolute atomic E-state index is 0.0341. The molecule has 19 heteroatoms. The van der Waals surface area contributed by atoms with Gasteiger partial charge in [-0.1, -0.05) is 0 Å². The van der Waals surface area contributed by atoms with Crippen LogP contribution in [0.15, 0.2) is 36.4 Å². The molecule has 0 aliphatic carbocycles. The molecule has 8 bridgehead atoms. The van der Waals surface area contributed by atoms with Crippen molar-refractivity contribution in [1.29, 1.82) is 0 Å². The number of H-pyrrole nitrogens is 3. The van der Waals surface area contributed by atoms with Gasteiger partial charge in [0, 0.05) is 86.6 Å². The molecule has 0 unspecified atom stereocenters. The number of aromatic nitrogens is 4. The SMILES string of the molecule is CN(C)c1c(F)c(F)c(-c2c3nc(c4ccc([nH]4)c(-c4c(F)c(F)c(N(C)C)c(F)c4F)c4ccc([nH]4)c(-c4c(F)c(F)c(N(C)C)c(F)c4F)c4ccc2[nH]4)C=C3)c(F)c1F. The van der Waals surface area contributed by atoms with Crippen molar-refractivity contribution in [3.8, 4) is 33.4 Å². The van der Waals surface area contributed by atoms with Crippen molar-refractivity contribution in [2.24, 2.45) is 0 Å². The fourth-order valence-corrected chi connectivity index (χ4v) is 7.64. The van der Waals surface area contributed by atoms with E-state index >= 15 is 52.7 Å². The van der Waals surface area contributed by atoms with Gasteiger partial charge in [-0.25, -0.2) is 57.7 Å². The molecular formula is C43H29F12N7. The fraction of sp³-hybridized carbons (Fsp3) is 0.140. The van der Waals surface area contributed by atoms with E-state index in [-0.39, 0.29) is 33.5 Å². The fourth-order valence-electron chi connectivity index (χ4n) is 7.64. The first-order valence-corrected chi connectivity index (χ1v) is 18.2. The van der Waals surface area contributed by atoms with E-state index in [4.69, 9.17) is 0 Å². The Hall–Kier alpha value is -7.05. The summed E-state index contributed by atoms with van der Waals surface area (Å²) >= 11 is 0. The molecule has 5 heterocycles. The quantitative estimate of drug-likeness (QED) is 0.115. The first-order chi connectivity index (χ1) is 29.3. The number of hydrogen-bond donors (Lipinski definition) is 3. The molecule has 4 aromatic heterocycles. The molecule has 320 valence electrons. The first kappa shape index (κ1) is 41.7. The Bertz CT molecular complexity index is 3130. The Morgan fingerprint density at radius 1 is 0.306 bits per heavy atom. The molecule has 0 saturated heterocycles. The topological polar surface area (TPSA) is 70.0 Å². The van der Waals surface area contributed by atoms with E-state index < -0.39 is 131 Å². The van der Waals surface area contributed by atoms with E-state index in [1.54, 1.807) is 0 Å². The zero-order valence-electron chi connectivity index (χ0n) is 32.9. The third-order valence-electron chi connectivity index (χ3n) is 10.4. The van der Waals surface area contributed by atoms with E-state index in [1.165, 1.54) is 24.3 Å². The van der Waals surface area contributed by atoms with Crippen LogP contribution in [0.4, 0.5) is 69.7 Å². The number of fused-ring (bicyclic) bond motifs is 9. The predicted molar refractivity (Wildman–Crippen MR) is 214 cm³/mol. The summed E-state index contributed by atoms with van der Waals surface area (Å²) in [5.74, 6) is -22.2. The van der Waals surface area contributed by atoms with E-state index in [1.807, 2.05) is 0 Å². The molecule has 1 aliphatic heterocycles. The molecule has 62 heavy (non-hydrogen) atoms. The first-order valence-electron chi connectivity index (χ1n) is 18.2. The van der Waals surface area contributed by atoms with Crippen LogP contribution in [-0.2, 0) is 0 Å². The zero-order chi connectivity index (χ0) is 45.0. The molecule has 0 spiro atoms. The number of rotatable bonds is 6. The maximum Gasteiger partial charge on any atom is 0.185 e. The van der Waals surface area contributed by atoms with Crippen molar-refractivity contribution in [2.45, 2.75) is 0 Å². The highest BCUT2D eigenvalue weighted by atomic mass is 19.2. The molecule has 0 saturated carbocycles. The predicted octanol–water partition coefficient (Wildman–Crippen LogP) is 11.6. The summed E-state index contributed by atoms with van der Waals surface area (Å²) < 4.78 is 191. The van der Waals surface area contributed by atoms with Crippen molar-refractivity contribution >= 4 is 62.3 Å². The summed E-state index contributed by atoms with van der Waals surface area (Å²) in [6.07, 6.45) is 2.47. The largest absolute Gasteiger partial charge is 0.373 e. The smallest absolute Gasteiger partial charge is 0.185 e. The lowest BCUT2D eigenvalue weighted by Crippen LogP contribution is -2.16. The lowest BCUT2D eigenvalue weighted by Gasteiger charge is -2.18. The molecule has 0 amide bonds. The third kappa shape index (κ3) is 6.11. The minimum Gasteiger partial charge on any atom is -0.373 e. The van der Waals surface area contributed by atoms with Crippen molar-refractivity contribution < 1.29 is 52.7 Å². The molecule has 7 aromatic rings. The Balaban J connectivity index is 1.63. The third-order valence-corrected chi connectivity index (χ3v) is 10.4. The number of hydrogen-bond acceptors (Lipinski definition) is 4. The van der Waals surface area contributed by atoms with Crippen LogP contribution in [0.5, 0.6) is 0 Å². The molecule has 0 atom stereocenters. The van der Waals surface area contributed by atoms with Crippen LogP contribution in [0.25, 0.3) is 78.6 Å². The van der Waals surface area contributed by atoms with Gasteiger partial charge in [0.25, 0.3) is 0 Å². The summed E-state index contributed by atoms with van der Waals surface area (Å²) in [5.41, 5.74) is -11.4. The molecule has 3 aromatic carbocycles. The lowest BCUT2D eigenvalue weighted by molar-refractivity contribution is 0.459. The Morgan fingerprint density at radius 2 is 0.548 bits per heavy atom. The monoisotopic (exact) mass is 871 g/mol. The molecule has 3 N–H and O–H groups in total. The summed E-state index contributed by atoms with van der Waals surface area (Å²) in [7, 11) is 6.78. The lowest BCUT2D eigenvalue weighted by atomic mass is 10.0. The number of aromatic amines is 3. The van der Waals surface area contributed by atoms with Gasteiger partial charge in [0.15, 0.2) is 69.8 Å². The highest BCUT2D eigenvalue weighted by molar-refractivity contribution is 6.01. The van der Waals surface area contributed by atoms with E-state index in [9.17, 15) is 0 Å². The van der Waals surface area contributed by atoms with Crippen molar-refractivity contribution in [3.63, 3.8) is 0 Å². The van der Waals surface area contributed by atoms with E-state index in [0.29, 0.717) is 0 Å². The Kier molecular flexibility index (Phi) is 9.98. The number of nitrogens with zero attached hydrogens (tertiary/aromatic N) is 4. The van der Waals surface area contributed by atoms with Gasteiger partial charge in [-0.15, -0.1) is 0 Å². The van der Waals surface area contributed by atoms with Gasteiger partial charge in [0.2, 0.25) is 0 Å². The molecule has 8 rings (SSSR count). The summed E-state index contributed by atoms with van der Waals surface area (Å²) in [5, 5.41) is 0. The van der Waals surface area contributed by atoms with Crippen LogP contribution < -0.4 is 14.7 Å². The average molecular weight is 872 g/mol. The maximum atomic E-state index is 16.3. The molecule has 0 radical (unpaired) electrons. The normalized spacial score (nSPS) is 12.0. The molecule has 7 nitrogen and oxygen atoms in total.